The minimum Gasteiger partial charge on any atom is -0.493 e. The van der Waals surface area contributed by atoms with Crippen molar-refractivity contribution in [2.75, 3.05) is 19.1 Å². The second-order valence-corrected chi connectivity index (χ2v) is 7.79. The Morgan fingerprint density at radius 3 is 2.41 bits per heavy atom. The van der Waals surface area contributed by atoms with Gasteiger partial charge in [-0.25, -0.2) is 0 Å². The Morgan fingerprint density at radius 2 is 1.72 bits per heavy atom. The van der Waals surface area contributed by atoms with E-state index in [4.69, 9.17) is 9.47 Å². The maximum absolute atomic E-state index is 13.3. The number of hydrogen-bond acceptors (Lipinski definition) is 4. The van der Waals surface area contributed by atoms with E-state index in [1.54, 1.807) is 18.2 Å². The third-order valence-electron chi connectivity index (χ3n) is 5.92. The lowest BCUT2D eigenvalue weighted by Gasteiger charge is -2.38. The van der Waals surface area contributed by atoms with Crippen molar-refractivity contribution in [3.63, 3.8) is 0 Å². The van der Waals surface area contributed by atoms with Crippen molar-refractivity contribution in [2.24, 2.45) is 0 Å². The van der Waals surface area contributed by atoms with E-state index in [-0.39, 0.29) is 23.8 Å². The van der Waals surface area contributed by atoms with Gasteiger partial charge in [0.2, 0.25) is 5.91 Å². The number of alkyl halides is 3. The monoisotopic (exact) mass is 445 g/mol. The predicted octanol–water partition coefficient (Wildman–Crippen LogP) is 5.25. The second kappa shape index (κ2) is 8.33. The maximum Gasteiger partial charge on any atom is 0.416 e. The normalized spacial score (nSPS) is 19.2. The molecule has 32 heavy (non-hydrogen) atoms. The lowest BCUT2D eigenvalue weighted by atomic mass is 9.77. The Labute approximate surface area is 183 Å². The smallest absolute Gasteiger partial charge is 0.416 e. The number of carbonyl (C=O) groups is 2. The summed E-state index contributed by atoms with van der Waals surface area (Å²) < 4.78 is 50.4. The number of methoxy groups -OCH3 is 2. The van der Waals surface area contributed by atoms with E-state index in [1.807, 2.05) is 0 Å². The predicted molar refractivity (Wildman–Crippen MR) is 112 cm³/mol. The zero-order chi connectivity index (χ0) is 23.0. The van der Waals surface area contributed by atoms with Crippen LogP contribution in [0.1, 0.15) is 42.7 Å². The van der Waals surface area contributed by atoms with E-state index in [1.165, 1.54) is 31.3 Å². The van der Waals surface area contributed by atoms with Crippen LogP contribution < -0.4 is 14.4 Å². The molecule has 0 aromatic heterocycles. The molecule has 0 N–H and O–H groups in total. The van der Waals surface area contributed by atoms with Crippen LogP contribution in [0.25, 0.3) is 0 Å². The van der Waals surface area contributed by atoms with E-state index in [9.17, 15) is 22.8 Å². The number of hydrogen-bond donors (Lipinski definition) is 0. The van der Waals surface area contributed by atoms with E-state index in [0.717, 1.165) is 17.7 Å². The van der Waals surface area contributed by atoms with E-state index in [0.29, 0.717) is 42.0 Å². The average molecular weight is 445 g/mol. The molecule has 1 heterocycles. The lowest BCUT2D eigenvalue weighted by Crippen LogP contribution is -2.40. The van der Waals surface area contributed by atoms with Crippen LogP contribution >= 0.6 is 0 Å². The van der Waals surface area contributed by atoms with Gasteiger partial charge in [0.05, 0.1) is 19.8 Å². The highest BCUT2D eigenvalue weighted by Gasteiger charge is 2.40. The van der Waals surface area contributed by atoms with Crippen molar-refractivity contribution in [2.45, 2.75) is 37.8 Å². The number of halogens is 3. The van der Waals surface area contributed by atoms with Crippen LogP contribution in [-0.2, 0) is 15.8 Å². The SMILES string of the molecule is COc1ccc(C2CC(=O)N(c3cccc(C(F)(F)F)c3)C3=C2C(=O)CCC3)cc1OC. The molecule has 2 aliphatic rings. The van der Waals surface area contributed by atoms with Crippen LogP contribution in [0.5, 0.6) is 11.5 Å². The quantitative estimate of drug-likeness (QED) is 0.645. The topological polar surface area (TPSA) is 55.8 Å². The summed E-state index contributed by atoms with van der Waals surface area (Å²) in [5.41, 5.74) is 0.978. The summed E-state index contributed by atoms with van der Waals surface area (Å²) in [6.45, 7) is 0. The molecule has 1 amide bonds. The second-order valence-electron chi connectivity index (χ2n) is 7.79. The molecule has 0 saturated heterocycles. The first-order chi connectivity index (χ1) is 15.2. The van der Waals surface area contributed by atoms with E-state index >= 15 is 0 Å². The summed E-state index contributed by atoms with van der Waals surface area (Å²) in [6.07, 6.45) is -3.24. The van der Waals surface area contributed by atoms with Crippen LogP contribution in [-0.4, -0.2) is 25.9 Å². The summed E-state index contributed by atoms with van der Waals surface area (Å²) in [5.74, 6) is 0.0662. The highest BCUT2D eigenvalue weighted by molar-refractivity contribution is 6.07. The summed E-state index contributed by atoms with van der Waals surface area (Å²) >= 11 is 0. The van der Waals surface area contributed by atoms with E-state index in [2.05, 4.69) is 0 Å². The lowest BCUT2D eigenvalue weighted by molar-refractivity contribution is -0.137. The molecule has 1 unspecified atom stereocenters. The van der Waals surface area contributed by atoms with Crippen molar-refractivity contribution in [3.8, 4) is 11.5 Å². The van der Waals surface area contributed by atoms with Gasteiger partial charge >= 0.3 is 6.18 Å². The number of ether oxygens (including phenoxy) is 2. The number of ketones is 1. The Bertz CT molecular complexity index is 1110. The zero-order valence-corrected chi connectivity index (χ0v) is 17.7. The number of anilines is 1. The number of Topliss-reactive ketones (excluding diaryl/α,β-unsaturated/α-hetero) is 1. The van der Waals surface area contributed by atoms with Gasteiger partial charge in [-0.05, 0) is 48.7 Å². The standard InChI is InChI=1S/C24H22F3NO4/c1-31-20-10-9-14(11-21(20)32-2)17-13-22(30)28(18-7-4-8-19(29)23(17)18)16-6-3-5-15(12-16)24(25,26)27/h3,5-6,9-12,17H,4,7-8,13H2,1-2H3. The largest absolute Gasteiger partial charge is 0.493 e. The van der Waals surface area contributed by atoms with Crippen LogP contribution in [0, 0.1) is 0 Å². The molecule has 0 saturated carbocycles. The van der Waals surface area contributed by atoms with Gasteiger partial charge in [-0.1, -0.05) is 12.1 Å². The number of allylic oxidation sites excluding steroid dienone is 2. The van der Waals surface area contributed by atoms with Crippen LogP contribution in [0.3, 0.4) is 0 Å². The van der Waals surface area contributed by atoms with Gasteiger partial charge in [-0.2, -0.15) is 13.2 Å². The fourth-order valence-corrected chi connectivity index (χ4v) is 4.47. The fourth-order valence-electron chi connectivity index (χ4n) is 4.47. The zero-order valence-electron chi connectivity index (χ0n) is 17.7. The molecule has 0 bridgehead atoms. The molecule has 2 aromatic carbocycles. The summed E-state index contributed by atoms with van der Waals surface area (Å²) in [5, 5.41) is 0. The average Bonchev–Trinajstić information content (AvgIpc) is 2.77. The number of amides is 1. The van der Waals surface area contributed by atoms with Crippen LogP contribution in [0.15, 0.2) is 53.7 Å². The number of nitrogens with zero attached hydrogens (tertiary/aromatic N) is 1. The molecule has 1 aliphatic carbocycles. The van der Waals surface area contributed by atoms with Gasteiger partial charge in [0, 0.05) is 35.7 Å². The Morgan fingerprint density at radius 1 is 0.969 bits per heavy atom. The first-order valence-corrected chi connectivity index (χ1v) is 10.2. The number of benzene rings is 2. The fraction of sp³-hybridized carbons (Fsp3) is 0.333. The Hall–Kier alpha value is -3.29. The van der Waals surface area contributed by atoms with Crippen molar-refractivity contribution in [3.05, 3.63) is 64.9 Å². The van der Waals surface area contributed by atoms with Gasteiger partial charge in [-0.15, -0.1) is 0 Å². The third-order valence-corrected chi connectivity index (χ3v) is 5.92. The Balaban J connectivity index is 1.83. The molecule has 5 nitrogen and oxygen atoms in total. The number of carbonyl (C=O) groups excluding carboxylic acids is 2. The first kappa shape index (κ1) is 21.9. The highest BCUT2D eigenvalue weighted by Crippen LogP contribution is 2.45. The summed E-state index contributed by atoms with van der Waals surface area (Å²) in [7, 11) is 3.01. The van der Waals surface area contributed by atoms with Crippen molar-refractivity contribution in [1.29, 1.82) is 0 Å². The van der Waals surface area contributed by atoms with Gasteiger partial charge in [0.25, 0.3) is 0 Å². The molecule has 8 heteroatoms. The minimum atomic E-state index is -4.53. The molecular weight excluding hydrogens is 423 g/mol. The number of rotatable bonds is 4. The van der Waals surface area contributed by atoms with Crippen LogP contribution in [0.4, 0.5) is 18.9 Å². The molecular formula is C24H22F3NO4. The van der Waals surface area contributed by atoms with Crippen molar-refractivity contribution in [1.82, 2.24) is 0 Å². The van der Waals surface area contributed by atoms with Crippen LogP contribution in [0.2, 0.25) is 0 Å². The maximum atomic E-state index is 13.3. The third kappa shape index (κ3) is 3.85. The molecule has 0 spiro atoms. The summed E-state index contributed by atoms with van der Waals surface area (Å²) in [6, 6.07) is 9.90. The van der Waals surface area contributed by atoms with Crippen molar-refractivity contribution < 1.29 is 32.2 Å². The van der Waals surface area contributed by atoms with Gasteiger partial charge in [0.15, 0.2) is 17.3 Å². The minimum absolute atomic E-state index is 0.0314. The molecule has 168 valence electrons. The summed E-state index contributed by atoms with van der Waals surface area (Å²) in [4.78, 5) is 27.5. The molecule has 1 atom stereocenters. The highest BCUT2D eigenvalue weighted by atomic mass is 19.4. The van der Waals surface area contributed by atoms with Gasteiger partial charge in [-0.3, -0.25) is 14.5 Å². The Kier molecular flexibility index (Phi) is 5.71. The molecule has 4 rings (SSSR count). The first-order valence-electron chi connectivity index (χ1n) is 10.2. The molecule has 0 fully saturated rings. The molecule has 2 aromatic rings. The van der Waals surface area contributed by atoms with Gasteiger partial charge < -0.3 is 9.47 Å². The van der Waals surface area contributed by atoms with Crippen molar-refractivity contribution >= 4 is 17.4 Å². The molecule has 0 radical (unpaired) electrons. The van der Waals surface area contributed by atoms with Gasteiger partial charge in [0.1, 0.15) is 0 Å². The van der Waals surface area contributed by atoms with E-state index < -0.39 is 17.7 Å². The molecule has 1 aliphatic heterocycles.